The SMILES string of the molecule is COc1ccc(-c2nc3ccccc3s2)cn1. The van der Waals surface area contributed by atoms with Gasteiger partial charge in [0.05, 0.1) is 17.3 Å². The molecule has 0 aliphatic rings. The minimum absolute atomic E-state index is 0.620. The van der Waals surface area contributed by atoms with E-state index in [1.165, 1.54) is 4.70 Å². The molecule has 0 amide bonds. The van der Waals surface area contributed by atoms with Gasteiger partial charge in [-0.3, -0.25) is 0 Å². The molecule has 3 aromatic rings. The van der Waals surface area contributed by atoms with Crippen LogP contribution >= 0.6 is 11.3 Å². The summed E-state index contributed by atoms with van der Waals surface area (Å²) in [5.41, 5.74) is 2.05. The van der Waals surface area contributed by atoms with Crippen LogP contribution in [0.25, 0.3) is 20.8 Å². The third kappa shape index (κ3) is 1.87. The lowest BCUT2D eigenvalue weighted by Crippen LogP contribution is -1.86. The second-order valence-corrected chi connectivity index (χ2v) is 4.61. The lowest BCUT2D eigenvalue weighted by molar-refractivity contribution is 0.398. The number of methoxy groups -OCH3 is 1. The molecule has 0 aliphatic heterocycles. The fraction of sp³-hybridized carbons (Fsp3) is 0.0769. The molecular formula is C13H10N2OS. The first-order valence-corrected chi connectivity index (χ1v) is 6.04. The fourth-order valence-corrected chi connectivity index (χ4v) is 2.58. The summed E-state index contributed by atoms with van der Waals surface area (Å²) in [5.74, 6) is 0.620. The number of hydrogen-bond donors (Lipinski definition) is 0. The van der Waals surface area contributed by atoms with E-state index in [4.69, 9.17) is 4.74 Å². The largest absolute Gasteiger partial charge is 0.481 e. The van der Waals surface area contributed by atoms with Crippen LogP contribution in [0.1, 0.15) is 0 Å². The van der Waals surface area contributed by atoms with Crippen molar-refractivity contribution in [3.05, 3.63) is 42.6 Å². The van der Waals surface area contributed by atoms with E-state index in [9.17, 15) is 0 Å². The summed E-state index contributed by atoms with van der Waals surface area (Å²) in [5, 5.41) is 0.987. The van der Waals surface area contributed by atoms with Crippen molar-refractivity contribution >= 4 is 21.6 Å². The third-order valence-corrected chi connectivity index (χ3v) is 3.57. The number of pyridine rings is 1. The lowest BCUT2D eigenvalue weighted by atomic mass is 10.3. The first-order chi connectivity index (χ1) is 8.36. The van der Waals surface area contributed by atoms with E-state index in [2.05, 4.69) is 16.0 Å². The molecule has 17 heavy (non-hydrogen) atoms. The van der Waals surface area contributed by atoms with E-state index < -0.39 is 0 Å². The molecule has 0 radical (unpaired) electrons. The highest BCUT2D eigenvalue weighted by Gasteiger charge is 2.06. The van der Waals surface area contributed by atoms with Gasteiger partial charge < -0.3 is 4.74 Å². The maximum atomic E-state index is 5.04. The molecule has 0 aliphatic carbocycles. The van der Waals surface area contributed by atoms with Crippen molar-refractivity contribution in [2.75, 3.05) is 7.11 Å². The van der Waals surface area contributed by atoms with Crippen molar-refractivity contribution < 1.29 is 4.74 Å². The number of nitrogens with zero attached hydrogens (tertiary/aromatic N) is 2. The van der Waals surface area contributed by atoms with Gasteiger partial charge >= 0.3 is 0 Å². The summed E-state index contributed by atoms with van der Waals surface area (Å²) >= 11 is 1.67. The quantitative estimate of drug-likeness (QED) is 0.691. The average Bonchev–Trinajstić information content (AvgIpc) is 2.82. The van der Waals surface area contributed by atoms with Crippen LogP contribution in [0.5, 0.6) is 5.88 Å². The Hall–Kier alpha value is -1.94. The molecule has 0 N–H and O–H groups in total. The van der Waals surface area contributed by atoms with E-state index in [-0.39, 0.29) is 0 Å². The molecule has 3 rings (SSSR count). The van der Waals surface area contributed by atoms with Crippen molar-refractivity contribution in [1.29, 1.82) is 0 Å². The Labute approximate surface area is 103 Å². The van der Waals surface area contributed by atoms with Gasteiger partial charge in [0.2, 0.25) is 5.88 Å². The Kier molecular flexibility index (Phi) is 2.49. The Morgan fingerprint density at radius 3 is 2.71 bits per heavy atom. The third-order valence-electron chi connectivity index (χ3n) is 2.49. The first-order valence-electron chi connectivity index (χ1n) is 5.23. The Morgan fingerprint density at radius 1 is 1.12 bits per heavy atom. The molecule has 0 saturated heterocycles. The Balaban J connectivity index is 2.07. The van der Waals surface area contributed by atoms with Crippen LogP contribution in [-0.4, -0.2) is 17.1 Å². The minimum atomic E-state index is 0.620. The standard InChI is InChI=1S/C13H10N2OS/c1-16-12-7-6-9(8-14-12)13-15-10-4-2-3-5-11(10)17-13/h2-8H,1H3. The zero-order chi connectivity index (χ0) is 11.7. The van der Waals surface area contributed by atoms with Crippen molar-refractivity contribution in [2.45, 2.75) is 0 Å². The van der Waals surface area contributed by atoms with E-state index in [1.54, 1.807) is 24.6 Å². The summed E-state index contributed by atoms with van der Waals surface area (Å²) in [7, 11) is 1.61. The fourth-order valence-electron chi connectivity index (χ4n) is 1.62. The van der Waals surface area contributed by atoms with E-state index in [1.807, 2.05) is 30.3 Å². The maximum Gasteiger partial charge on any atom is 0.212 e. The number of hydrogen-bond acceptors (Lipinski definition) is 4. The summed E-state index contributed by atoms with van der Waals surface area (Å²) in [4.78, 5) is 8.76. The Bertz CT molecular complexity index is 613. The van der Waals surface area contributed by atoms with Crippen LogP contribution in [0.2, 0.25) is 0 Å². The molecule has 2 aromatic heterocycles. The molecule has 0 unspecified atom stereocenters. The van der Waals surface area contributed by atoms with Crippen LogP contribution < -0.4 is 4.74 Å². The number of ether oxygens (including phenoxy) is 1. The molecular weight excluding hydrogens is 232 g/mol. The number of fused-ring (bicyclic) bond motifs is 1. The molecule has 0 saturated carbocycles. The van der Waals surface area contributed by atoms with Crippen LogP contribution in [0, 0.1) is 0 Å². The summed E-state index contributed by atoms with van der Waals surface area (Å²) in [6, 6.07) is 11.9. The number of rotatable bonds is 2. The highest BCUT2D eigenvalue weighted by molar-refractivity contribution is 7.21. The second kappa shape index (κ2) is 4.14. The van der Waals surface area contributed by atoms with Gasteiger partial charge in [-0.1, -0.05) is 12.1 Å². The molecule has 0 spiro atoms. The van der Waals surface area contributed by atoms with Crippen LogP contribution in [-0.2, 0) is 0 Å². The zero-order valence-electron chi connectivity index (χ0n) is 9.25. The second-order valence-electron chi connectivity index (χ2n) is 3.58. The number of para-hydroxylation sites is 1. The topological polar surface area (TPSA) is 35.0 Å². The van der Waals surface area contributed by atoms with E-state index in [0.717, 1.165) is 16.1 Å². The summed E-state index contributed by atoms with van der Waals surface area (Å²) in [6.45, 7) is 0. The number of benzene rings is 1. The highest BCUT2D eigenvalue weighted by Crippen LogP contribution is 2.29. The monoisotopic (exact) mass is 242 g/mol. The van der Waals surface area contributed by atoms with Gasteiger partial charge in [0, 0.05) is 17.8 Å². The van der Waals surface area contributed by atoms with E-state index >= 15 is 0 Å². The van der Waals surface area contributed by atoms with Gasteiger partial charge in [0.25, 0.3) is 0 Å². The van der Waals surface area contributed by atoms with Crippen LogP contribution in [0.4, 0.5) is 0 Å². The maximum absolute atomic E-state index is 5.04. The number of aromatic nitrogens is 2. The van der Waals surface area contributed by atoms with Crippen molar-refractivity contribution in [3.63, 3.8) is 0 Å². The molecule has 0 bridgehead atoms. The van der Waals surface area contributed by atoms with Gasteiger partial charge in [-0.15, -0.1) is 11.3 Å². The smallest absolute Gasteiger partial charge is 0.212 e. The molecule has 0 atom stereocenters. The molecule has 4 heteroatoms. The predicted molar refractivity (Wildman–Crippen MR) is 69.4 cm³/mol. The Morgan fingerprint density at radius 2 is 2.00 bits per heavy atom. The molecule has 84 valence electrons. The van der Waals surface area contributed by atoms with Crippen molar-refractivity contribution in [2.24, 2.45) is 0 Å². The normalized spacial score (nSPS) is 10.6. The van der Waals surface area contributed by atoms with Crippen LogP contribution in [0.3, 0.4) is 0 Å². The zero-order valence-corrected chi connectivity index (χ0v) is 10.1. The first kappa shape index (κ1) is 10.2. The predicted octanol–water partition coefficient (Wildman–Crippen LogP) is 3.37. The molecule has 3 nitrogen and oxygen atoms in total. The highest BCUT2D eigenvalue weighted by atomic mass is 32.1. The van der Waals surface area contributed by atoms with E-state index in [0.29, 0.717) is 5.88 Å². The van der Waals surface area contributed by atoms with Gasteiger partial charge in [0.15, 0.2) is 0 Å². The minimum Gasteiger partial charge on any atom is -0.481 e. The lowest BCUT2D eigenvalue weighted by Gasteiger charge is -1.98. The average molecular weight is 242 g/mol. The molecule has 2 heterocycles. The summed E-state index contributed by atoms with van der Waals surface area (Å²) < 4.78 is 6.23. The van der Waals surface area contributed by atoms with Crippen LogP contribution in [0.15, 0.2) is 42.6 Å². The van der Waals surface area contributed by atoms with Gasteiger partial charge in [-0.2, -0.15) is 0 Å². The summed E-state index contributed by atoms with van der Waals surface area (Å²) in [6.07, 6.45) is 1.79. The molecule has 1 aromatic carbocycles. The number of thiazole rings is 1. The van der Waals surface area contributed by atoms with Gasteiger partial charge in [0.1, 0.15) is 5.01 Å². The molecule has 0 fully saturated rings. The van der Waals surface area contributed by atoms with Crippen molar-refractivity contribution in [3.8, 4) is 16.5 Å². The van der Waals surface area contributed by atoms with Crippen molar-refractivity contribution in [1.82, 2.24) is 9.97 Å². The van der Waals surface area contributed by atoms with Gasteiger partial charge in [-0.25, -0.2) is 9.97 Å². The van der Waals surface area contributed by atoms with Gasteiger partial charge in [-0.05, 0) is 18.2 Å².